The molecule has 3 aromatic heterocycles. The van der Waals surface area contributed by atoms with Gasteiger partial charge in [-0.1, -0.05) is 75.8 Å². The minimum Gasteiger partial charge on any atom is -0.657 e. The summed E-state index contributed by atoms with van der Waals surface area (Å²) in [5.41, 5.74) is 13.3. The summed E-state index contributed by atoms with van der Waals surface area (Å²) < 4.78 is 0. The van der Waals surface area contributed by atoms with Crippen molar-refractivity contribution in [3.63, 3.8) is 0 Å². The van der Waals surface area contributed by atoms with Gasteiger partial charge in [0.05, 0.1) is 41.1 Å². The van der Waals surface area contributed by atoms with E-state index in [0.717, 1.165) is 42.4 Å². The minimum absolute atomic E-state index is 0. The van der Waals surface area contributed by atoms with E-state index in [0.29, 0.717) is 85.5 Å². The Morgan fingerprint density at radius 2 is 1.25 bits per heavy atom. The number of carbonyl (C=O) groups is 2. The topological polar surface area (TPSA) is 169 Å². The third kappa shape index (κ3) is 11.5. The van der Waals surface area contributed by atoms with E-state index in [9.17, 15) is 30.0 Å². The van der Waals surface area contributed by atoms with Gasteiger partial charge >= 0.3 is 29.0 Å². The monoisotopic (exact) mass is 852 g/mol. The number of terminal acetylenes is 1. The molecule has 3 aromatic rings. The van der Waals surface area contributed by atoms with Crippen molar-refractivity contribution >= 4 is 56.3 Å². The third-order valence-electron chi connectivity index (χ3n) is 11.1. The SMILES string of the molecule is C#CC1=C(C)c2cc3[n-]c(cc4nc(cc5[n-]c(cc1n2)c(C)c5CCC(=O)O)C(CCC(=O)O)=C4CO)c(C)c3[C@@H](O)CC/C=C(\C)CC/C=C(\C)CCC=C(C)C.[Fe+2]. The van der Waals surface area contributed by atoms with E-state index >= 15 is 0 Å². The third-order valence-corrected chi connectivity index (χ3v) is 11.1. The van der Waals surface area contributed by atoms with Crippen molar-refractivity contribution in [2.24, 2.45) is 0 Å². The Morgan fingerprint density at radius 3 is 1.88 bits per heavy atom. The number of aliphatic hydroxyl groups excluding tert-OH is 2. The number of aryl methyl sites for hydroxylation is 3. The maximum absolute atomic E-state index is 11.9. The maximum atomic E-state index is 11.9. The molecule has 5 heterocycles. The molecule has 2 aliphatic heterocycles. The van der Waals surface area contributed by atoms with Gasteiger partial charge < -0.3 is 30.4 Å². The number of carboxylic acids is 2. The fraction of sp³-hybridized carbons (Fsp3) is 0.388. The fourth-order valence-electron chi connectivity index (χ4n) is 7.72. The van der Waals surface area contributed by atoms with Crippen molar-refractivity contribution < 1.29 is 47.1 Å². The Bertz CT molecular complexity index is 2500. The molecule has 0 amide bonds. The zero-order valence-corrected chi connectivity index (χ0v) is 36.8. The molecule has 0 fully saturated rings. The number of hydrogen-bond acceptors (Lipinski definition) is 6. The number of aliphatic carboxylic acids is 2. The Kier molecular flexibility index (Phi) is 16.9. The average molecular weight is 853 g/mol. The van der Waals surface area contributed by atoms with Crippen molar-refractivity contribution in [2.45, 2.75) is 119 Å². The summed E-state index contributed by atoms with van der Waals surface area (Å²) in [7, 11) is 0. The molecule has 0 aromatic carbocycles. The van der Waals surface area contributed by atoms with Gasteiger partial charge in [-0.3, -0.25) is 9.59 Å². The molecule has 0 saturated heterocycles. The largest absolute Gasteiger partial charge is 2.00 e. The molecular weight excluding hydrogens is 796 g/mol. The summed E-state index contributed by atoms with van der Waals surface area (Å²) in [4.78, 5) is 43.3. The fourth-order valence-corrected chi connectivity index (χ4v) is 7.72. The zero-order valence-electron chi connectivity index (χ0n) is 35.7. The Balaban J connectivity index is 0.00000794. The van der Waals surface area contributed by atoms with E-state index in [1.54, 1.807) is 18.2 Å². The zero-order chi connectivity index (χ0) is 43.0. The maximum Gasteiger partial charge on any atom is 2.00 e. The summed E-state index contributed by atoms with van der Waals surface area (Å²) in [6, 6.07) is 7.13. The van der Waals surface area contributed by atoms with Crippen LogP contribution in [0.5, 0.6) is 0 Å². The second kappa shape index (κ2) is 21.3. The number of allylic oxidation sites excluding steroid dienone is 9. The molecule has 0 radical (unpaired) electrons. The minimum atomic E-state index is -0.998. The van der Waals surface area contributed by atoms with Crippen molar-refractivity contribution in [3.8, 4) is 12.3 Å². The summed E-state index contributed by atoms with van der Waals surface area (Å²) in [5.74, 6) is 0.838. The van der Waals surface area contributed by atoms with Crippen LogP contribution in [0.25, 0.3) is 44.4 Å². The summed E-state index contributed by atoms with van der Waals surface area (Å²) >= 11 is 0. The second-order valence-corrected chi connectivity index (χ2v) is 15.8. The van der Waals surface area contributed by atoms with Crippen molar-refractivity contribution in [3.05, 3.63) is 104 Å². The van der Waals surface area contributed by atoms with Crippen LogP contribution in [0.2, 0.25) is 0 Å². The van der Waals surface area contributed by atoms with Gasteiger partial charge in [0.1, 0.15) is 0 Å². The number of carboxylic acid groups (broad SMARTS) is 2. The summed E-state index contributed by atoms with van der Waals surface area (Å²) in [5, 5.41) is 41.8. The Hall–Kier alpha value is -5.24. The van der Waals surface area contributed by atoms with Crippen LogP contribution in [-0.2, 0) is 33.1 Å². The number of nitrogens with zero attached hydrogens (tertiary/aromatic N) is 4. The van der Waals surface area contributed by atoms with Crippen LogP contribution >= 0.6 is 0 Å². The van der Waals surface area contributed by atoms with Crippen molar-refractivity contribution in [2.75, 3.05) is 6.61 Å². The molecule has 60 heavy (non-hydrogen) atoms. The van der Waals surface area contributed by atoms with E-state index in [4.69, 9.17) is 26.4 Å². The molecule has 0 saturated carbocycles. The van der Waals surface area contributed by atoms with Crippen LogP contribution in [0.3, 0.4) is 0 Å². The van der Waals surface area contributed by atoms with E-state index < -0.39 is 24.6 Å². The molecule has 10 nitrogen and oxygen atoms in total. The van der Waals surface area contributed by atoms with Crippen LogP contribution in [0, 0.1) is 26.2 Å². The van der Waals surface area contributed by atoms with Crippen molar-refractivity contribution in [1.82, 2.24) is 19.9 Å². The van der Waals surface area contributed by atoms with Gasteiger partial charge in [0.25, 0.3) is 0 Å². The Morgan fingerprint density at radius 1 is 0.717 bits per heavy atom. The van der Waals surface area contributed by atoms with Crippen LogP contribution in [0.4, 0.5) is 0 Å². The molecule has 11 heteroatoms. The van der Waals surface area contributed by atoms with E-state index in [1.807, 2.05) is 26.8 Å². The van der Waals surface area contributed by atoms with Gasteiger partial charge in [0, 0.05) is 18.4 Å². The van der Waals surface area contributed by atoms with E-state index in [1.165, 1.54) is 16.7 Å². The van der Waals surface area contributed by atoms with Crippen LogP contribution in [0.15, 0.2) is 59.2 Å². The summed E-state index contributed by atoms with van der Waals surface area (Å²) in [6.07, 6.45) is 17.1. The predicted molar refractivity (Wildman–Crippen MR) is 236 cm³/mol. The van der Waals surface area contributed by atoms with E-state index in [-0.39, 0.29) is 42.8 Å². The number of aromatic nitrogens is 4. The number of aliphatic hydroxyl groups is 2. The quantitative estimate of drug-likeness (QED) is 0.0583. The van der Waals surface area contributed by atoms with Gasteiger partial charge in [-0.15, -0.1) is 28.5 Å². The molecule has 316 valence electrons. The van der Waals surface area contributed by atoms with Gasteiger partial charge in [-0.2, -0.15) is 0 Å². The first-order valence-electron chi connectivity index (χ1n) is 20.3. The number of hydrogen-bond donors (Lipinski definition) is 4. The van der Waals surface area contributed by atoms with Crippen LogP contribution < -0.4 is 9.97 Å². The molecular formula is C49H56FeN4O6. The molecule has 2 aliphatic rings. The molecule has 1 atom stereocenters. The summed E-state index contributed by atoms with van der Waals surface area (Å²) in [6.45, 7) is 13.8. The molecule has 4 N–H and O–H groups in total. The smallest absolute Gasteiger partial charge is 0.657 e. The molecule has 5 rings (SSSR count). The first-order valence-corrected chi connectivity index (χ1v) is 20.3. The van der Waals surface area contributed by atoms with Crippen molar-refractivity contribution in [1.29, 1.82) is 0 Å². The normalized spacial score (nSPS) is 13.6. The number of fused-ring (bicyclic) bond motifs is 8. The molecule has 0 aliphatic carbocycles. The second-order valence-electron chi connectivity index (χ2n) is 15.8. The van der Waals surface area contributed by atoms with Gasteiger partial charge in [-0.05, 0) is 123 Å². The standard InChI is InChI=1S/C49H58N4O6.Fe/c1-9-34-31(6)39-25-45-49(46(55)18-12-17-30(5)16-11-15-29(4)14-10-13-28(2)3)33(8)40(52-45)24-44-37(27-54)36(20-22-48(58)59)43(53-44)26-42-35(19-21-47(56)57)32(7)38(51-42)23-41(34)50-39;/h1,13,15,17,23-26,46,54-55H,10-12,14,16,18-22,27H2,2-8H3,(H4,50,51,52,53,56,57,58,59);/q;+2/p-2/b29-15+,30-17+,38-23?,39-25?,40-24?,41-23?,42-26?,43-26?,44-24?,45-25?;/t46-;/m0./s1. The van der Waals surface area contributed by atoms with Gasteiger partial charge in [0.2, 0.25) is 0 Å². The molecule has 0 unspecified atom stereocenters. The molecule has 8 bridgehead atoms. The average Bonchev–Trinajstić information content (AvgIpc) is 3.85. The number of rotatable bonds is 17. The first kappa shape index (κ1) is 47.4. The van der Waals surface area contributed by atoms with Crippen LogP contribution in [-0.4, -0.2) is 48.9 Å². The van der Waals surface area contributed by atoms with E-state index in [2.05, 4.69) is 51.8 Å². The van der Waals surface area contributed by atoms with Gasteiger partial charge in [0.15, 0.2) is 0 Å². The van der Waals surface area contributed by atoms with Gasteiger partial charge in [-0.25, -0.2) is 9.97 Å². The van der Waals surface area contributed by atoms with Crippen LogP contribution in [0.1, 0.15) is 144 Å². The predicted octanol–water partition coefficient (Wildman–Crippen LogP) is 9.77. The Labute approximate surface area is 363 Å². The first-order chi connectivity index (χ1) is 28.1. The molecule has 0 spiro atoms.